The molecule has 4 rings (SSSR count). The SMILES string of the molecule is COc1c(C#N)cc(C(C)(C)C)cc1C(=O)Nc1cnc(C)c(-c2ccc(C(=O)N3CC(C)(C)OC(C)(C)C3)cc2)c1. The summed E-state index contributed by atoms with van der Waals surface area (Å²) in [5.74, 6) is -0.205. The number of nitrogens with one attached hydrogen (secondary N) is 1. The summed E-state index contributed by atoms with van der Waals surface area (Å²) in [6, 6.07) is 15.0. The van der Waals surface area contributed by atoms with Crippen molar-refractivity contribution >= 4 is 17.5 Å². The van der Waals surface area contributed by atoms with E-state index < -0.39 is 17.1 Å². The second kappa shape index (κ2) is 11.2. The average molecular weight is 569 g/mol. The van der Waals surface area contributed by atoms with Gasteiger partial charge in [0.1, 0.15) is 11.8 Å². The zero-order chi connectivity index (χ0) is 31.0. The monoisotopic (exact) mass is 568 g/mol. The van der Waals surface area contributed by atoms with Crippen LogP contribution in [0.2, 0.25) is 0 Å². The summed E-state index contributed by atoms with van der Waals surface area (Å²) in [6.07, 6.45) is 1.60. The summed E-state index contributed by atoms with van der Waals surface area (Å²) in [7, 11) is 1.45. The van der Waals surface area contributed by atoms with Gasteiger partial charge in [-0.05, 0) is 81.5 Å². The van der Waals surface area contributed by atoms with Crippen LogP contribution in [-0.4, -0.2) is 53.1 Å². The van der Waals surface area contributed by atoms with E-state index in [1.807, 2.05) is 90.6 Å². The van der Waals surface area contributed by atoms with Crippen LogP contribution in [0.15, 0.2) is 48.7 Å². The van der Waals surface area contributed by atoms with Crippen molar-refractivity contribution in [1.82, 2.24) is 9.88 Å². The Morgan fingerprint density at radius 1 is 1.05 bits per heavy atom. The van der Waals surface area contributed by atoms with E-state index in [-0.39, 0.29) is 22.6 Å². The number of methoxy groups -OCH3 is 1. The van der Waals surface area contributed by atoms with Crippen LogP contribution >= 0.6 is 0 Å². The van der Waals surface area contributed by atoms with Crippen LogP contribution in [0, 0.1) is 18.3 Å². The molecule has 1 aliphatic heterocycles. The van der Waals surface area contributed by atoms with E-state index in [0.29, 0.717) is 29.9 Å². The maximum Gasteiger partial charge on any atom is 0.259 e. The van der Waals surface area contributed by atoms with E-state index in [0.717, 1.165) is 22.4 Å². The Morgan fingerprint density at radius 3 is 2.21 bits per heavy atom. The lowest BCUT2D eigenvalue weighted by molar-refractivity contribution is -0.171. The van der Waals surface area contributed by atoms with Crippen molar-refractivity contribution in [3.63, 3.8) is 0 Å². The molecule has 8 nitrogen and oxygen atoms in total. The van der Waals surface area contributed by atoms with Crippen molar-refractivity contribution < 1.29 is 19.1 Å². The minimum absolute atomic E-state index is 0.0370. The minimum Gasteiger partial charge on any atom is -0.495 e. The van der Waals surface area contributed by atoms with Crippen LogP contribution in [0.25, 0.3) is 11.1 Å². The molecule has 0 saturated carbocycles. The standard InChI is InChI=1S/C34H40N4O4/c1-21-27(22-10-12-23(13-11-22)31(40)38-19-33(5,6)42-34(7,8)20-38)16-26(18-36-21)37-30(39)28-15-25(32(2,3)4)14-24(17-35)29(28)41-9/h10-16,18H,19-20H2,1-9H3,(H,37,39). The highest BCUT2D eigenvalue weighted by molar-refractivity contribution is 6.07. The molecule has 8 heteroatoms. The van der Waals surface area contributed by atoms with Gasteiger partial charge in [0.2, 0.25) is 0 Å². The Kier molecular flexibility index (Phi) is 8.21. The van der Waals surface area contributed by atoms with Gasteiger partial charge in [0.15, 0.2) is 0 Å². The van der Waals surface area contributed by atoms with Crippen LogP contribution < -0.4 is 10.1 Å². The normalized spacial score (nSPS) is 16.0. The average Bonchev–Trinajstić information content (AvgIpc) is 2.90. The van der Waals surface area contributed by atoms with E-state index in [1.54, 1.807) is 18.3 Å². The van der Waals surface area contributed by atoms with Crippen LogP contribution in [0.1, 0.15) is 86.0 Å². The molecule has 1 aromatic heterocycles. The number of carbonyl (C=O) groups is 2. The van der Waals surface area contributed by atoms with E-state index in [9.17, 15) is 14.9 Å². The molecule has 1 fully saturated rings. The van der Waals surface area contributed by atoms with Gasteiger partial charge >= 0.3 is 0 Å². The molecule has 0 radical (unpaired) electrons. The van der Waals surface area contributed by atoms with Gasteiger partial charge in [-0.1, -0.05) is 32.9 Å². The van der Waals surface area contributed by atoms with Gasteiger partial charge in [-0.2, -0.15) is 5.26 Å². The number of amides is 2. The molecule has 3 aromatic rings. The van der Waals surface area contributed by atoms with Gasteiger partial charge in [0.25, 0.3) is 11.8 Å². The summed E-state index contributed by atoms with van der Waals surface area (Å²) in [5.41, 5.74) is 3.88. The van der Waals surface area contributed by atoms with E-state index in [4.69, 9.17) is 9.47 Å². The topological polar surface area (TPSA) is 105 Å². The van der Waals surface area contributed by atoms with E-state index in [2.05, 4.69) is 16.4 Å². The number of nitrogens with zero attached hydrogens (tertiary/aromatic N) is 3. The second-order valence-electron chi connectivity index (χ2n) is 13.1. The summed E-state index contributed by atoms with van der Waals surface area (Å²) < 4.78 is 11.6. The maximum atomic E-state index is 13.5. The van der Waals surface area contributed by atoms with E-state index >= 15 is 0 Å². The summed E-state index contributed by atoms with van der Waals surface area (Å²) in [4.78, 5) is 33.2. The lowest BCUT2D eigenvalue weighted by Crippen LogP contribution is -2.58. The van der Waals surface area contributed by atoms with Crippen molar-refractivity contribution in [2.24, 2.45) is 0 Å². The highest BCUT2D eigenvalue weighted by Gasteiger charge is 2.40. The molecule has 0 spiro atoms. The number of nitriles is 1. The highest BCUT2D eigenvalue weighted by Crippen LogP contribution is 2.33. The van der Waals surface area contributed by atoms with Gasteiger partial charge in [0.05, 0.1) is 41.3 Å². The molecule has 0 aliphatic carbocycles. The number of benzene rings is 2. The number of aromatic nitrogens is 1. The number of hydrogen-bond donors (Lipinski definition) is 1. The van der Waals surface area contributed by atoms with Crippen LogP contribution in [0.4, 0.5) is 5.69 Å². The van der Waals surface area contributed by atoms with Crippen LogP contribution in [-0.2, 0) is 10.2 Å². The second-order valence-corrected chi connectivity index (χ2v) is 13.1. The Labute approximate surface area is 248 Å². The molecule has 1 saturated heterocycles. The number of ether oxygens (including phenoxy) is 2. The Hall–Kier alpha value is -4.22. The third-order valence-electron chi connectivity index (χ3n) is 7.29. The predicted octanol–water partition coefficient (Wildman–Crippen LogP) is 6.52. The summed E-state index contributed by atoms with van der Waals surface area (Å²) in [5, 5.41) is 12.6. The first-order chi connectivity index (χ1) is 19.5. The zero-order valence-corrected chi connectivity index (χ0v) is 26.0. The molecular weight excluding hydrogens is 528 g/mol. The molecule has 2 heterocycles. The lowest BCUT2D eigenvalue weighted by Gasteiger charge is -2.47. The van der Waals surface area contributed by atoms with Gasteiger partial charge < -0.3 is 19.7 Å². The molecule has 220 valence electrons. The first-order valence-corrected chi connectivity index (χ1v) is 14.0. The van der Waals surface area contributed by atoms with Gasteiger partial charge in [-0.25, -0.2) is 0 Å². The molecule has 1 N–H and O–H groups in total. The Bertz CT molecular complexity index is 1540. The number of anilines is 1. The van der Waals surface area contributed by atoms with Gasteiger partial charge in [0, 0.05) is 29.9 Å². The van der Waals surface area contributed by atoms with Crippen molar-refractivity contribution in [3.05, 3.63) is 76.6 Å². The molecule has 42 heavy (non-hydrogen) atoms. The number of carbonyl (C=O) groups excluding carboxylic acids is 2. The van der Waals surface area contributed by atoms with Crippen molar-refractivity contribution in [3.8, 4) is 22.9 Å². The molecule has 2 aromatic carbocycles. The predicted molar refractivity (Wildman–Crippen MR) is 164 cm³/mol. The van der Waals surface area contributed by atoms with Crippen molar-refractivity contribution in [2.45, 2.75) is 72.0 Å². The number of hydrogen-bond acceptors (Lipinski definition) is 6. The molecule has 0 atom stereocenters. The summed E-state index contributed by atoms with van der Waals surface area (Å²) >= 11 is 0. The summed E-state index contributed by atoms with van der Waals surface area (Å²) in [6.45, 7) is 17.0. The van der Waals surface area contributed by atoms with Gasteiger partial charge in [-0.15, -0.1) is 0 Å². The smallest absolute Gasteiger partial charge is 0.259 e. The molecule has 1 aliphatic rings. The fraction of sp³-hybridized carbons (Fsp3) is 0.412. The fourth-order valence-corrected chi connectivity index (χ4v) is 5.53. The molecule has 0 unspecified atom stereocenters. The van der Waals surface area contributed by atoms with Crippen LogP contribution in [0.5, 0.6) is 5.75 Å². The maximum absolute atomic E-state index is 13.5. The minimum atomic E-state index is -0.431. The third kappa shape index (κ3) is 6.63. The van der Waals surface area contributed by atoms with Crippen molar-refractivity contribution in [1.29, 1.82) is 5.26 Å². The number of pyridine rings is 1. The Morgan fingerprint density at radius 2 is 1.67 bits per heavy atom. The lowest BCUT2D eigenvalue weighted by atomic mass is 9.84. The number of morpholine rings is 1. The first-order valence-electron chi connectivity index (χ1n) is 14.0. The quantitative estimate of drug-likeness (QED) is 0.376. The number of rotatable bonds is 5. The highest BCUT2D eigenvalue weighted by atomic mass is 16.5. The largest absolute Gasteiger partial charge is 0.495 e. The number of aryl methyl sites for hydroxylation is 1. The van der Waals surface area contributed by atoms with Gasteiger partial charge in [-0.3, -0.25) is 14.6 Å². The fourth-order valence-electron chi connectivity index (χ4n) is 5.53. The molecule has 0 bridgehead atoms. The van der Waals surface area contributed by atoms with Crippen molar-refractivity contribution in [2.75, 3.05) is 25.5 Å². The molecule has 2 amide bonds. The van der Waals surface area contributed by atoms with Crippen LogP contribution in [0.3, 0.4) is 0 Å². The zero-order valence-electron chi connectivity index (χ0n) is 26.0. The molecular formula is C34H40N4O4. The first kappa shape index (κ1) is 30.7. The van der Waals surface area contributed by atoms with E-state index in [1.165, 1.54) is 7.11 Å². The third-order valence-corrected chi connectivity index (χ3v) is 7.29. The Balaban J connectivity index is 1.59.